The van der Waals surface area contributed by atoms with E-state index in [0.717, 1.165) is 6.42 Å². The van der Waals surface area contributed by atoms with Gasteiger partial charge in [-0.3, -0.25) is 0 Å². The third-order valence-corrected chi connectivity index (χ3v) is 2.02. The zero-order valence-electron chi connectivity index (χ0n) is 7.62. The van der Waals surface area contributed by atoms with Crippen molar-refractivity contribution in [2.24, 2.45) is 0 Å². The van der Waals surface area contributed by atoms with Crippen molar-refractivity contribution in [3.05, 3.63) is 11.8 Å². The molecule has 0 radical (unpaired) electrons. The molecule has 1 aliphatic rings. The first kappa shape index (κ1) is 9.55. The van der Waals surface area contributed by atoms with Gasteiger partial charge < -0.3 is 14.6 Å². The average Bonchev–Trinajstić information content (AvgIpc) is 2.56. The summed E-state index contributed by atoms with van der Waals surface area (Å²) >= 11 is 0. The molecule has 1 aliphatic heterocycles. The van der Waals surface area contributed by atoms with Gasteiger partial charge in [0.2, 0.25) is 0 Å². The van der Waals surface area contributed by atoms with Crippen LogP contribution in [0.4, 0.5) is 0 Å². The molecule has 2 atom stereocenters. The van der Waals surface area contributed by atoms with E-state index in [1.807, 2.05) is 13.0 Å². The van der Waals surface area contributed by atoms with Gasteiger partial charge in [0.15, 0.2) is 0 Å². The summed E-state index contributed by atoms with van der Waals surface area (Å²) in [7, 11) is 1.64. The van der Waals surface area contributed by atoms with Crippen LogP contribution in [0, 0.1) is 0 Å². The van der Waals surface area contributed by atoms with Crippen molar-refractivity contribution in [1.82, 2.24) is 0 Å². The molecular formula is C9H16O3. The Hall–Kier alpha value is -0.540. The maximum absolute atomic E-state index is 9.58. The van der Waals surface area contributed by atoms with Crippen molar-refractivity contribution in [1.29, 1.82) is 0 Å². The Bertz CT molecular complexity index is 165. The van der Waals surface area contributed by atoms with E-state index in [4.69, 9.17) is 9.47 Å². The number of hydrogen-bond acceptors (Lipinski definition) is 3. The Labute approximate surface area is 73.0 Å². The molecule has 0 bridgehead atoms. The minimum atomic E-state index is -0.498. The highest BCUT2D eigenvalue weighted by Gasteiger charge is 2.18. The fourth-order valence-corrected chi connectivity index (χ4v) is 1.20. The molecule has 3 nitrogen and oxygen atoms in total. The molecule has 0 aromatic carbocycles. The molecule has 70 valence electrons. The van der Waals surface area contributed by atoms with Crippen LogP contribution < -0.4 is 0 Å². The van der Waals surface area contributed by atoms with Gasteiger partial charge in [-0.05, 0) is 13.0 Å². The van der Waals surface area contributed by atoms with Crippen molar-refractivity contribution in [2.75, 3.05) is 13.7 Å². The van der Waals surface area contributed by atoms with E-state index < -0.39 is 6.10 Å². The maximum atomic E-state index is 9.58. The second kappa shape index (κ2) is 4.48. The Morgan fingerprint density at radius 3 is 3.00 bits per heavy atom. The molecule has 0 saturated carbocycles. The van der Waals surface area contributed by atoms with Crippen molar-refractivity contribution in [2.45, 2.75) is 32.0 Å². The molecule has 0 amide bonds. The smallest absolute Gasteiger partial charge is 0.121 e. The zero-order valence-corrected chi connectivity index (χ0v) is 7.62. The predicted molar refractivity (Wildman–Crippen MR) is 45.7 cm³/mol. The lowest BCUT2D eigenvalue weighted by Crippen LogP contribution is -2.19. The first-order valence-electron chi connectivity index (χ1n) is 4.27. The van der Waals surface area contributed by atoms with Crippen molar-refractivity contribution in [3.63, 3.8) is 0 Å². The number of aliphatic hydroxyl groups is 1. The molecule has 1 heterocycles. The molecule has 1 N–H and O–H groups in total. The average molecular weight is 172 g/mol. The maximum Gasteiger partial charge on any atom is 0.121 e. The summed E-state index contributed by atoms with van der Waals surface area (Å²) < 4.78 is 10.3. The molecule has 0 aromatic heterocycles. The largest absolute Gasteiger partial charge is 0.495 e. The summed E-state index contributed by atoms with van der Waals surface area (Å²) in [6.07, 6.45) is 3.02. The van der Waals surface area contributed by atoms with E-state index in [2.05, 4.69) is 0 Å². The number of aliphatic hydroxyl groups excluding tert-OH is 1. The molecule has 12 heavy (non-hydrogen) atoms. The van der Waals surface area contributed by atoms with Crippen LogP contribution in [0.15, 0.2) is 11.8 Å². The van der Waals surface area contributed by atoms with E-state index in [1.54, 1.807) is 7.11 Å². The highest BCUT2D eigenvalue weighted by Crippen LogP contribution is 2.17. The van der Waals surface area contributed by atoms with Crippen LogP contribution in [-0.2, 0) is 9.47 Å². The van der Waals surface area contributed by atoms with Crippen LogP contribution in [0.25, 0.3) is 0 Å². The molecule has 0 saturated heterocycles. The summed E-state index contributed by atoms with van der Waals surface area (Å²) in [6, 6.07) is 0. The number of ether oxygens (including phenoxy) is 2. The van der Waals surface area contributed by atoms with Crippen molar-refractivity contribution < 1.29 is 14.6 Å². The highest BCUT2D eigenvalue weighted by atomic mass is 16.5. The fraction of sp³-hybridized carbons (Fsp3) is 0.778. The number of methoxy groups -OCH3 is 1. The Morgan fingerprint density at radius 2 is 2.50 bits per heavy atom. The predicted octanol–water partition coefficient (Wildman–Crippen LogP) is 1.08. The Morgan fingerprint density at radius 1 is 1.75 bits per heavy atom. The summed E-state index contributed by atoms with van der Waals surface area (Å²) in [5.74, 6) is 0.707. The SMILES string of the molecule is COC(C)CC(O)C1=CCCO1. The van der Waals surface area contributed by atoms with Crippen LogP contribution >= 0.6 is 0 Å². The Balaban J connectivity index is 2.31. The molecule has 0 spiro atoms. The third kappa shape index (κ3) is 2.50. The monoisotopic (exact) mass is 172 g/mol. The van der Waals surface area contributed by atoms with Gasteiger partial charge in [0.05, 0.1) is 12.7 Å². The van der Waals surface area contributed by atoms with E-state index in [1.165, 1.54) is 0 Å². The van der Waals surface area contributed by atoms with Gasteiger partial charge in [-0.25, -0.2) is 0 Å². The first-order chi connectivity index (χ1) is 5.74. The lowest BCUT2D eigenvalue weighted by atomic mass is 10.1. The van der Waals surface area contributed by atoms with Gasteiger partial charge in [0.1, 0.15) is 11.9 Å². The first-order valence-corrected chi connectivity index (χ1v) is 4.27. The lowest BCUT2D eigenvalue weighted by Gasteiger charge is -2.15. The van der Waals surface area contributed by atoms with Gasteiger partial charge in [-0.1, -0.05) is 0 Å². The molecule has 0 aromatic rings. The van der Waals surface area contributed by atoms with Crippen LogP contribution in [0.1, 0.15) is 19.8 Å². The van der Waals surface area contributed by atoms with Gasteiger partial charge in [-0.15, -0.1) is 0 Å². The molecule has 2 unspecified atom stereocenters. The molecule has 0 aliphatic carbocycles. The van der Waals surface area contributed by atoms with Gasteiger partial charge in [0.25, 0.3) is 0 Å². The summed E-state index contributed by atoms with van der Waals surface area (Å²) in [4.78, 5) is 0. The minimum absolute atomic E-state index is 0.0742. The van der Waals surface area contributed by atoms with Crippen LogP contribution in [0.3, 0.4) is 0 Å². The highest BCUT2D eigenvalue weighted by molar-refractivity contribution is 5.04. The summed E-state index contributed by atoms with van der Waals surface area (Å²) in [5.41, 5.74) is 0. The molecule has 0 fully saturated rings. The van der Waals surface area contributed by atoms with Crippen LogP contribution in [0.5, 0.6) is 0 Å². The van der Waals surface area contributed by atoms with Crippen molar-refractivity contribution >= 4 is 0 Å². The van der Waals surface area contributed by atoms with Gasteiger partial charge in [0, 0.05) is 20.0 Å². The van der Waals surface area contributed by atoms with E-state index in [9.17, 15) is 5.11 Å². The second-order valence-corrected chi connectivity index (χ2v) is 3.04. The molecule has 3 heteroatoms. The van der Waals surface area contributed by atoms with Crippen molar-refractivity contribution in [3.8, 4) is 0 Å². The normalized spacial score (nSPS) is 21.4. The number of hydrogen-bond donors (Lipinski definition) is 1. The Kier molecular flexibility index (Phi) is 3.56. The summed E-state index contributed by atoms with van der Waals surface area (Å²) in [5, 5.41) is 9.58. The van der Waals surface area contributed by atoms with E-state index in [0.29, 0.717) is 18.8 Å². The standard InChI is InChI=1S/C9H16O3/c1-7(11-2)6-8(10)9-4-3-5-12-9/h4,7-8,10H,3,5-6H2,1-2H3. The summed E-state index contributed by atoms with van der Waals surface area (Å²) in [6.45, 7) is 2.63. The fourth-order valence-electron chi connectivity index (χ4n) is 1.20. The van der Waals surface area contributed by atoms with Gasteiger partial charge in [-0.2, -0.15) is 0 Å². The van der Waals surface area contributed by atoms with E-state index in [-0.39, 0.29) is 6.10 Å². The second-order valence-electron chi connectivity index (χ2n) is 3.04. The quantitative estimate of drug-likeness (QED) is 0.689. The third-order valence-electron chi connectivity index (χ3n) is 2.02. The molecular weight excluding hydrogens is 156 g/mol. The topological polar surface area (TPSA) is 38.7 Å². The van der Waals surface area contributed by atoms with E-state index >= 15 is 0 Å². The minimum Gasteiger partial charge on any atom is -0.495 e. The molecule has 1 rings (SSSR count). The number of rotatable bonds is 4. The van der Waals surface area contributed by atoms with Gasteiger partial charge >= 0.3 is 0 Å². The zero-order chi connectivity index (χ0) is 8.97. The lowest BCUT2D eigenvalue weighted by molar-refractivity contribution is 0.0450. The van der Waals surface area contributed by atoms with Crippen LogP contribution in [-0.4, -0.2) is 31.0 Å². The van der Waals surface area contributed by atoms with Crippen LogP contribution in [0.2, 0.25) is 0 Å².